The van der Waals surface area contributed by atoms with Gasteiger partial charge >= 0.3 is 0 Å². The summed E-state index contributed by atoms with van der Waals surface area (Å²) < 4.78 is 14.4. The lowest BCUT2D eigenvalue weighted by Gasteiger charge is -2.27. The van der Waals surface area contributed by atoms with E-state index in [9.17, 15) is 4.39 Å². The maximum atomic E-state index is 14.4. The molecule has 2 aromatic rings. The van der Waals surface area contributed by atoms with Gasteiger partial charge in [-0.3, -0.25) is 5.01 Å². The van der Waals surface area contributed by atoms with Crippen LogP contribution in [-0.4, -0.2) is 47.6 Å². The van der Waals surface area contributed by atoms with Crippen LogP contribution in [0.5, 0.6) is 0 Å². The fourth-order valence-corrected chi connectivity index (χ4v) is 4.81. The van der Waals surface area contributed by atoms with E-state index < -0.39 is 0 Å². The van der Waals surface area contributed by atoms with Crippen molar-refractivity contribution >= 4 is 45.7 Å². The van der Waals surface area contributed by atoms with E-state index in [2.05, 4.69) is 36.3 Å². The summed E-state index contributed by atoms with van der Waals surface area (Å²) in [5.41, 5.74) is 2.69. The highest BCUT2D eigenvalue weighted by Crippen LogP contribution is 2.32. The number of halogens is 3. The highest BCUT2D eigenvalue weighted by Gasteiger charge is 2.32. The monoisotopic (exact) mass is 437 g/mol. The van der Waals surface area contributed by atoms with Gasteiger partial charge in [0.15, 0.2) is 5.84 Å². The van der Waals surface area contributed by atoms with Gasteiger partial charge in [-0.1, -0.05) is 53.6 Å². The van der Waals surface area contributed by atoms with Crippen LogP contribution >= 0.6 is 35.0 Å². The maximum Gasteiger partial charge on any atom is 0.161 e. The van der Waals surface area contributed by atoms with Crippen LogP contribution in [0.1, 0.15) is 16.7 Å². The molecular formula is C21H22Cl2FN3S. The second-order valence-electron chi connectivity index (χ2n) is 6.59. The lowest BCUT2D eigenvalue weighted by Crippen LogP contribution is -2.40. The number of hydrogen-bond acceptors (Lipinski definition) is 4. The zero-order valence-corrected chi connectivity index (χ0v) is 18.3. The molecule has 0 radical (unpaired) electrons. The molecule has 0 aromatic heterocycles. The van der Waals surface area contributed by atoms with Crippen LogP contribution in [0.3, 0.4) is 0 Å². The molecule has 0 saturated heterocycles. The molecule has 2 aromatic carbocycles. The summed E-state index contributed by atoms with van der Waals surface area (Å²) in [6.07, 6.45) is 1.99. The molecule has 0 saturated carbocycles. The van der Waals surface area contributed by atoms with Gasteiger partial charge in [0.05, 0.1) is 10.6 Å². The molecule has 1 heterocycles. The van der Waals surface area contributed by atoms with Gasteiger partial charge in [0.1, 0.15) is 12.0 Å². The van der Waals surface area contributed by atoms with Crippen LogP contribution in [-0.2, 0) is 0 Å². The van der Waals surface area contributed by atoms with Crippen LogP contribution in [0.25, 0.3) is 4.91 Å². The third-order valence-electron chi connectivity index (χ3n) is 4.64. The lowest BCUT2D eigenvalue weighted by molar-refractivity contribution is 0.204. The Labute approximate surface area is 179 Å². The smallest absolute Gasteiger partial charge is 0.161 e. The van der Waals surface area contributed by atoms with Crippen LogP contribution < -0.4 is 0 Å². The first-order valence-electron chi connectivity index (χ1n) is 8.87. The van der Waals surface area contributed by atoms with E-state index in [1.54, 1.807) is 23.9 Å². The molecule has 7 heteroatoms. The van der Waals surface area contributed by atoms with Gasteiger partial charge in [-0.2, -0.15) is 5.10 Å². The van der Waals surface area contributed by atoms with Crippen molar-refractivity contribution in [1.29, 1.82) is 0 Å². The number of aryl methyl sites for hydroxylation is 1. The Kier molecular flexibility index (Phi) is 6.91. The maximum absolute atomic E-state index is 14.4. The summed E-state index contributed by atoms with van der Waals surface area (Å²) in [5.74, 6) is 1.35. The molecule has 0 aliphatic carbocycles. The second-order valence-corrected chi connectivity index (χ2v) is 8.36. The molecule has 148 valence electrons. The number of allylic oxidation sites excluding steroid dienone is 1. The normalized spacial score (nSPS) is 17.3. The van der Waals surface area contributed by atoms with Crippen LogP contribution in [0.4, 0.5) is 4.39 Å². The minimum atomic E-state index is -0.373. The van der Waals surface area contributed by atoms with Gasteiger partial charge in [-0.15, -0.1) is 23.4 Å². The molecule has 1 atom stereocenters. The Balaban J connectivity index is 1.76. The summed E-state index contributed by atoms with van der Waals surface area (Å²) in [7, 11) is 3.80. The first kappa shape index (κ1) is 21.0. The number of alkyl halides is 1. The Bertz CT molecular complexity index is 879. The van der Waals surface area contributed by atoms with Crippen molar-refractivity contribution in [1.82, 2.24) is 9.91 Å². The van der Waals surface area contributed by atoms with Crippen molar-refractivity contribution in [2.45, 2.75) is 13.1 Å². The van der Waals surface area contributed by atoms with Crippen molar-refractivity contribution in [2.24, 2.45) is 5.10 Å². The van der Waals surface area contributed by atoms with Gasteiger partial charge in [0.2, 0.25) is 0 Å². The molecule has 1 aliphatic rings. The number of hydrazone groups is 1. The van der Waals surface area contributed by atoms with Gasteiger partial charge in [0, 0.05) is 30.6 Å². The number of benzene rings is 2. The molecule has 0 spiro atoms. The van der Waals surface area contributed by atoms with Crippen molar-refractivity contribution in [3.8, 4) is 0 Å². The third kappa shape index (κ3) is 4.48. The van der Waals surface area contributed by atoms with Gasteiger partial charge in [-0.25, -0.2) is 4.39 Å². The number of thioether (sulfide) groups is 1. The fraction of sp³-hybridized carbons (Fsp3) is 0.286. The molecule has 0 fully saturated rings. The van der Waals surface area contributed by atoms with Gasteiger partial charge in [-0.05, 0) is 24.6 Å². The summed E-state index contributed by atoms with van der Waals surface area (Å²) >= 11 is 13.9. The van der Waals surface area contributed by atoms with E-state index >= 15 is 0 Å². The van der Waals surface area contributed by atoms with Gasteiger partial charge in [0.25, 0.3) is 0 Å². The number of rotatable bonds is 6. The highest BCUT2D eigenvalue weighted by molar-refractivity contribution is 8.08. The SMILES string of the molecule is Cc1ccc(/C(=C/CCl)SCC2N(C)N=C(c3c(F)cccc3Cl)N2C)cc1. The molecule has 0 amide bonds. The van der Waals surface area contributed by atoms with Crippen LogP contribution in [0.15, 0.2) is 53.6 Å². The van der Waals surface area contributed by atoms with Crippen LogP contribution in [0, 0.1) is 12.7 Å². The summed E-state index contributed by atoms with van der Waals surface area (Å²) in [6.45, 7) is 2.07. The largest absolute Gasteiger partial charge is 0.335 e. The molecule has 28 heavy (non-hydrogen) atoms. The lowest BCUT2D eigenvalue weighted by atomic mass is 10.1. The molecule has 1 aliphatic heterocycles. The number of amidine groups is 1. The minimum absolute atomic E-state index is 0.0279. The fourth-order valence-electron chi connectivity index (χ4n) is 3.05. The second kappa shape index (κ2) is 9.21. The third-order valence-corrected chi connectivity index (χ3v) is 6.29. The number of hydrogen-bond donors (Lipinski definition) is 0. The van der Waals surface area contributed by atoms with E-state index in [0.29, 0.717) is 22.3 Å². The average molecular weight is 438 g/mol. The van der Waals surface area contributed by atoms with Crippen molar-refractivity contribution in [3.05, 3.63) is 76.1 Å². The predicted molar refractivity (Wildman–Crippen MR) is 120 cm³/mol. The van der Waals surface area contributed by atoms with Crippen molar-refractivity contribution in [2.75, 3.05) is 25.7 Å². The summed E-state index contributed by atoms with van der Waals surface area (Å²) in [4.78, 5) is 3.08. The van der Waals surface area contributed by atoms with E-state index in [1.807, 2.05) is 30.1 Å². The molecule has 3 rings (SSSR count). The molecule has 3 nitrogen and oxygen atoms in total. The van der Waals surface area contributed by atoms with E-state index in [0.717, 1.165) is 16.2 Å². The highest BCUT2D eigenvalue weighted by atomic mass is 35.5. The Hall–Kier alpha value is -1.69. The zero-order valence-electron chi connectivity index (χ0n) is 16.0. The first-order valence-corrected chi connectivity index (χ1v) is 10.8. The van der Waals surface area contributed by atoms with Gasteiger partial charge < -0.3 is 4.90 Å². The molecule has 0 N–H and O–H groups in total. The quantitative estimate of drug-likeness (QED) is 0.542. The summed E-state index contributed by atoms with van der Waals surface area (Å²) in [6, 6.07) is 13.1. The van der Waals surface area contributed by atoms with E-state index in [1.165, 1.54) is 11.6 Å². The van der Waals surface area contributed by atoms with Crippen molar-refractivity contribution < 1.29 is 4.39 Å². The predicted octanol–water partition coefficient (Wildman–Crippen LogP) is 5.67. The standard InChI is InChI=1S/C21H22Cl2FN3S/c1-14-7-9-15(10-8-14)18(11-12-22)28-13-19-26(2)21(25-27(19)3)20-16(23)5-4-6-17(20)24/h4-11,19H,12-13H2,1-3H3/b18-11-. The van der Waals surface area contributed by atoms with E-state index in [-0.39, 0.29) is 12.0 Å². The Morgan fingerprint density at radius 2 is 1.93 bits per heavy atom. The molecular weight excluding hydrogens is 416 g/mol. The molecule has 0 bridgehead atoms. The zero-order chi connectivity index (χ0) is 20.3. The van der Waals surface area contributed by atoms with E-state index in [4.69, 9.17) is 23.2 Å². The Morgan fingerprint density at radius 3 is 2.57 bits per heavy atom. The average Bonchev–Trinajstić information content (AvgIpc) is 2.93. The molecule has 1 unspecified atom stereocenters. The number of nitrogens with zero attached hydrogens (tertiary/aromatic N) is 3. The summed E-state index contributed by atoms with van der Waals surface area (Å²) in [5, 5.41) is 6.75. The minimum Gasteiger partial charge on any atom is -0.335 e. The Morgan fingerprint density at radius 1 is 1.21 bits per heavy atom. The van der Waals surface area contributed by atoms with Crippen molar-refractivity contribution in [3.63, 3.8) is 0 Å². The van der Waals surface area contributed by atoms with Crippen LogP contribution in [0.2, 0.25) is 5.02 Å². The topological polar surface area (TPSA) is 18.8 Å². The first-order chi connectivity index (χ1) is 13.4.